The van der Waals surface area contributed by atoms with Crippen LogP contribution in [0.1, 0.15) is 24.5 Å². The molecule has 0 saturated heterocycles. The predicted molar refractivity (Wildman–Crippen MR) is 60.8 cm³/mol. The molecule has 0 radical (unpaired) electrons. The van der Waals surface area contributed by atoms with Crippen molar-refractivity contribution in [1.29, 1.82) is 0 Å². The number of hydrogen-bond acceptors (Lipinski definition) is 2. The van der Waals surface area contributed by atoms with Crippen molar-refractivity contribution in [2.24, 2.45) is 0 Å². The fourth-order valence-electron chi connectivity index (χ4n) is 1.89. The molecule has 3 nitrogen and oxygen atoms in total. The highest BCUT2D eigenvalue weighted by atomic mass is 16.1. The van der Waals surface area contributed by atoms with E-state index >= 15 is 0 Å². The van der Waals surface area contributed by atoms with Crippen molar-refractivity contribution in [2.75, 3.05) is 11.9 Å². The molecule has 15 heavy (non-hydrogen) atoms. The number of rotatable bonds is 2. The summed E-state index contributed by atoms with van der Waals surface area (Å²) in [4.78, 5) is 11.3. The van der Waals surface area contributed by atoms with Crippen molar-refractivity contribution in [3.8, 4) is 0 Å². The molecule has 1 aliphatic heterocycles. The lowest BCUT2D eigenvalue weighted by Crippen LogP contribution is -2.25. The Morgan fingerprint density at radius 2 is 2.40 bits per heavy atom. The van der Waals surface area contributed by atoms with E-state index in [-0.39, 0.29) is 5.91 Å². The van der Waals surface area contributed by atoms with Gasteiger partial charge in [-0.3, -0.25) is 4.79 Å². The number of amides is 1. The zero-order valence-corrected chi connectivity index (χ0v) is 8.97. The van der Waals surface area contributed by atoms with E-state index in [1.54, 1.807) is 0 Å². The van der Waals surface area contributed by atoms with Gasteiger partial charge in [-0.15, -0.1) is 0 Å². The van der Waals surface area contributed by atoms with Gasteiger partial charge in [-0.05, 0) is 30.2 Å². The third-order valence-electron chi connectivity index (χ3n) is 2.74. The summed E-state index contributed by atoms with van der Waals surface area (Å²) in [5.74, 6) is 0.0851. The van der Waals surface area contributed by atoms with Crippen LogP contribution in [0.2, 0.25) is 0 Å². The summed E-state index contributed by atoms with van der Waals surface area (Å²) in [5, 5.41) is 6.28. The standard InChI is InChI=1S/C12H16N2O/c1-2-12(15)14-11-5-3-4-9-8-13-7-6-10(9)11/h3-5,13H,2,6-8H2,1H3,(H,14,15). The van der Waals surface area contributed by atoms with Crippen LogP contribution in [0.5, 0.6) is 0 Å². The lowest BCUT2D eigenvalue weighted by atomic mass is 9.99. The van der Waals surface area contributed by atoms with Crippen LogP contribution in [0.4, 0.5) is 5.69 Å². The molecule has 1 aliphatic rings. The zero-order valence-electron chi connectivity index (χ0n) is 8.97. The van der Waals surface area contributed by atoms with E-state index in [2.05, 4.69) is 16.7 Å². The van der Waals surface area contributed by atoms with E-state index < -0.39 is 0 Å². The molecule has 80 valence electrons. The second-order valence-corrected chi connectivity index (χ2v) is 3.77. The van der Waals surface area contributed by atoms with Crippen LogP contribution < -0.4 is 10.6 Å². The van der Waals surface area contributed by atoms with Crippen LogP contribution in [-0.2, 0) is 17.8 Å². The van der Waals surface area contributed by atoms with E-state index in [0.29, 0.717) is 6.42 Å². The first kappa shape index (κ1) is 10.2. The van der Waals surface area contributed by atoms with E-state index in [1.165, 1.54) is 11.1 Å². The lowest BCUT2D eigenvalue weighted by Gasteiger charge is -2.20. The van der Waals surface area contributed by atoms with Gasteiger partial charge in [0, 0.05) is 18.7 Å². The highest BCUT2D eigenvalue weighted by Gasteiger charge is 2.13. The predicted octanol–water partition coefficient (Wildman–Crippen LogP) is 1.68. The van der Waals surface area contributed by atoms with Gasteiger partial charge in [-0.1, -0.05) is 19.1 Å². The van der Waals surface area contributed by atoms with Crippen molar-refractivity contribution < 1.29 is 4.79 Å². The lowest BCUT2D eigenvalue weighted by molar-refractivity contribution is -0.115. The van der Waals surface area contributed by atoms with E-state index in [0.717, 1.165) is 25.2 Å². The highest BCUT2D eigenvalue weighted by Crippen LogP contribution is 2.23. The summed E-state index contributed by atoms with van der Waals surface area (Å²) in [6.07, 6.45) is 1.53. The first-order chi connectivity index (χ1) is 7.31. The fraction of sp³-hybridized carbons (Fsp3) is 0.417. The summed E-state index contributed by atoms with van der Waals surface area (Å²) in [6.45, 7) is 3.77. The number of nitrogens with one attached hydrogen (secondary N) is 2. The average molecular weight is 204 g/mol. The van der Waals surface area contributed by atoms with Gasteiger partial charge in [-0.2, -0.15) is 0 Å². The molecule has 1 aromatic carbocycles. The molecule has 2 N–H and O–H groups in total. The third kappa shape index (κ3) is 2.18. The number of fused-ring (bicyclic) bond motifs is 1. The zero-order chi connectivity index (χ0) is 10.7. The Hall–Kier alpha value is -1.35. The molecular formula is C12H16N2O. The molecule has 3 heteroatoms. The average Bonchev–Trinajstić information content (AvgIpc) is 2.29. The summed E-state index contributed by atoms with van der Waals surface area (Å²) >= 11 is 0. The first-order valence-corrected chi connectivity index (χ1v) is 5.42. The van der Waals surface area contributed by atoms with E-state index in [4.69, 9.17) is 0 Å². The van der Waals surface area contributed by atoms with Crippen LogP contribution in [-0.4, -0.2) is 12.5 Å². The molecule has 0 aromatic heterocycles. The van der Waals surface area contributed by atoms with E-state index in [9.17, 15) is 4.79 Å². The van der Waals surface area contributed by atoms with Crippen molar-refractivity contribution in [3.05, 3.63) is 29.3 Å². The monoisotopic (exact) mass is 204 g/mol. The van der Waals surface area contributed by atoms with Crippen LogP contribution >= 0.6 is 0 Å². The third-order valence-corrected chi connectivity index (χ3v) is 2.74. The largest absolute Gasteiger partial charge is 0.326 e. The minimum absolute atomic E-state index is 0.0851. The Balaban J connectivity index is 2.27. The second-order valence-electron chi connectivity index (χ2n) is 3.77. The minimum Gasteiger partial charge on any atom is -0.326 e. The number of anilines is 1. The Bertz CT molecular complexity index is 374. The molecule has 1 aromatic rings. The Labute approximate surface area is 89.9 Å². The molecule has 0 bridgehead atoms. The number of hydrogen-bond donors (Lipinski definition) is 2. The topological polar surface area (TPSA) is 41.1 Å². The fourth-order valence-corrected chi connectivity index (χ4v) is 1.89. The molecule has 0 saturated carbocycles. The van der Waals surface area contributed by atoms with Crippen molar-refractivity contribution in [1.82, 2.24) is 5.32 Å². The van der Waals surface area contributed by atoms with Gasteiger partial charge in [0.2, 0.25) is 5.91 Å². The SMILES string of the molecule is CCC(=O)Nc1cccc2c1CCNC2. The van der Waals surface area contributed by atoms with Crippen LogP contribution in [0, 0.1) is 0 Å². The maximum atomic E-state index is 11.3. The maximum absolute atomic E-state index is 11.3. The van der Waals surface area contributed by atoms with Gasteiger partial charge in [0.05, 0.1) is 0 Å². The van der Waals surface area contributed by atoms with Gasteiger partial charge in [0.1, 0.15) is 0 Å². The van der Waals surface area contributed by atoms with Gasteiger partial charge in [0.25, 0.3) is 0 Å². The van der Waals surface area contributed by atoms with Crippen LogP contribution in [0.15, 0.2) is 18.2 Å². The Morgan fingerprint density at radius 3 is 3.20 bits per heavy atom. The normalized spacial score (nSPS) is 14.5. The number of carbonyl (C=O) groups is 1. The molecule has 2 rings (SSSR count). The number of benzene rings is 1. The summed E-state index contributed by atoms with van der Waals surface area (Å²) in [6, 6.07) is 6.10. The molecule has 0 aliphatic carbocycles. The van der Waals surface area contributed by atoms with Gasteiger partial charge in [-0.25, -0.2) is 0 Å². The summed E-state index contributed by atoms with van der Waals surface area (Å²) in [7, 11) is 0. The molecule has 0 spiro atoms. The molecule has 1 amide bonds. The Morgan fingerprint density at radius 1 is 1.53 bits per heavy atom. The summed E-state index contributed by atoms with van der Waals surface area (Å²) in [5.41, 5.74) is 3.58. The van der Waals surface area contributed by atoms with Crippen molar-refractivity contribution in [2.45, 2.75) is 26.3 Å². The van der Waals surface area contributed by atoms with Gasteiger partial charge in [0.15, 0.2) is 0 Å². The second kappa shape index (κ2) is 4.45. The molecule has 0 unspecified atom stereocenters. The molecule has 0 fully saturated rings. The highest BCUT2D eigenvalue weighted by molar-refractivity contribution is 5.91. The quantitative estimate of drug-likeness (QED) is 0.769. The first-order valence-electron chi connectivity index (χ1n) is 5.42. The van der Waals surface area contributed by atoms with Gasteiger partial charge < -0.3 is 10.6 Å². The Kier molecular flexibility index (Phi) is 3.02. The molecule has 0 atom stereocenters. The van der Waals surface area contributed by atoms with Crippen LogP contribution in [0.3, 0.4) is 0 Å². The molecule has 1 heterocycles. The van der Waals surface area contributed by atoms with Crippen molar-refractivity contribution in [3.63, 3.8) is 0 Å². The van der Waals surface area contributed by atoms with Gasteiger partial charge >= 0.3 is 0 Å². The van der Waals surface area contributed by atoms with E-state index in [1.807, 2.05) is 19.1 Å². The van der Waals surface area contributed by atoms with Crippen LogP contribution in [0.25, 0.3) is 0 Å². The van der Waals surface area contributed by atoms with Crippen molar-refractivity contribution >= 4 is 11.6 Å². The minimum atomic E-state index is 0.0851. The maximum Gasteiger partial charge on any atom is 0.224 e. The summed E-state index contributed by atoms with van der Waals surface area (Å²) < 4.78 is 0. The molecular weight excluding hydrogens is 188 g/mol. The smallest absolute Gasteiger partial charge is 0.224 e. The number of carbonyl (C=O) groups excluding carboxylic acids is 1.